The highest BCUT2D eigenvalue weighted by Crippen LogP contribution is 2.19. The summed E-state index contributed by atoms with van der Waals surface area (Å²) in [4.78, 5) is 9.45. The summed E-state index contributed by atoms with van der Waals surface area (Å²) in [7, 11) is 4.19. The molecule has 158 valence electrons. The molecule has 0 aliphatic carbocycles. The van der Waals surface area contributed by atoms with Crippen molar-refractivity contribution in [1.82, 2.24) is 15.5 Å². The van der Waals surface area contributed by atoms with E-state index in [2.05, 4.69) is 96.0 Å². The van der Waals surface area contributed by atoms with E-state index < -0.39 is 0 Å². The molecule has 0 saturated carbocycles. The van der Waals surface area contributed by atoms with Crippen LogP contribution in [0.1, 0.15) is 24.5 Å². The Bertz CT molecular complexity index is 763. The van der Waals surface area contributed by atoms with Gasteiger partial charge >= 0.3 is 0 Å². The Hall–Kier alpha value is -1.80. The molecule has 29 heavy (non-hydrogen) atoms. The standard InChI is InChI=1S/C23H33N5.HI/c1-4-24-23(25-16-19-9-8-10-20(15-19)17-27(2)3)26-21-13-14-28(18-21)22-11-6-5-7-12-22;/h5-12,15,21H,4,13-14,16-18H2,1-3H3,(H2,24,25,26);1H. The summed E-state index contributed by atoms with van der Waals surface area (Å²) in [6.45, 7) is 6.70. The average Bonchev–Trinajstić information content (AvgIpc) is 3.15. The van der Waals surface area contributed by atoms with Crippen molar-refractivity contribution in [3.63, 3.8) is 0 Å². The fourth-order valence-corrected chi connectivity index (χ4v) is 3.63. The molecule has 2 aromatic carbocycles. The van der Waals surface area contributed by atoms with Crippen molar-refractivity contribution in [2.75, 3.05) is 38.6 Å². The first-order valence-electron chi connectivity index (χ1n) is 10.2. The minimum Gasteiger partial charge on any atom is -0.369 e. The number of hydrogen-bond donors (Lipinski definition) is 2. The summed E-state index contributed by atoms with van der Waals surface area (Å²) in [6.07, 6.45) is 1.12. The van der Waals surface area contributed by atoms with Crippen molar-refractivity contribution in [2.45, 2.75) is 32.5 Å². The smallest absolute Gasteiger partial charge is 0.191 e. The van der Waals surface area contributed by atoms with E-state index in [0.29, 0.717) is 12.6 Å². The van der Waals surface area contributed by atoms with Crippen LogP contribution in [0.15, 0.2) is 59.6 Å². The van der Waals surface area contributed by atoms with E-state index in [4.69, 9.17) is 4.99 Å². The molecule has 5 nitrogen and oxygen atoms in total. The molecule has 0 radical (unpaired) electrons. The van der Waals surface area contributed by atoms with Gasteiger partial charge in [-0.15, -0.1) is 24.0 Å². The highest BCUT2D eigenvalue weighted by molar-refractivity contribution is 14.0. The van der Waals surface area contributed by atoms with Gasteiger partial charge < -0.3 is 20.4 Å². The molecule has 2 N–H and O–H groups in total. The van der Waals surface area contributed by atoms with Crippen LogP contribution in [0.5, 0.6) is 0 Å². The second-order valence-corrected chi connectivity index (χ2v) is 7.66. The monoisotopic (exact) mass is 507 g/mol. The van der Waals surface area contributed by atoms with E-state index in [1.165, 1.54) is 16.8 Å². The van der Waals surface area contributed by atoms with Gasteiger partial charge in [-0.25, -0.2) is 4.99 Å². The van der Waals surface area contributed by atoms with Crippen LogP contribution in [-0.2, 0) is 13.1 Å². The fraction of sp³-hybridized carbons (Fsp3) is 0.435. The maximum atomic E-state index is 4.83. The van der Waals surface area contributed by atoms with E-state index in [1.54, 1.807) is 0 Å². The lowest BCUT2D eigenvalue weighted by Crippen LogP contribution is -2.44. The maximum absolute atomic E-state index is 4.83. The van der Waals surface area contributed by atoms with E-state index >= 15 is 0 Å². The SMILES string of the molecule is CCNC(=NCc1cccc(CN(C)C)c1)NC1CCN(c2ccccc2)C1.I. The molecule has 1 fully saturated rings. The third-order valence-electron chi connectivity index (χ3n) is 4.90. The molecule has 0 amide bonds. The number of hydrogen-bond acceptors (Lipinski definition) is 3. The summed E-state index contributed by atoms with van der Waals surface area (Å²) >= 11 is 0. The van der Waals surface area contributed by atoms with E-state index in [9.17, 15) is 0 Å². The van der Waals surface area contributed by atoms with Crippen molar-refractivity contribution < 1.29 is 0 Å². The van der Waals surface area contributed by atoms with Gasteiger partial charge in [-0.2, -0.15) is 0 Å². The van der Waals surface area contributed by atoms with Crippen LogP contribution >= 0.6 is 24.0 Å². The molecule has 0 bridgehead atoms. The van der Waals surface area contributed by atoms with Crippen LogP contribution in [-0.4, -0.2) is 50.6 Å². The Morgan fingerprint density at radius 3 is 2.59 bits per heavy atom. The zero-order valence-electron chi connectivity index (χ0n) is 17.8. The van der Waals surface area contributed by atoms with Gasteiger partial charge in [0.2, 0.25) is 0 Å². The molecule has 1 aliphatic rings. The van der Waals surface area contributed by atoms with Crippen molar-refractivity contribution in [3.05, 3.63) is 65.7 Å². The lowest BCUT2D eigenvalue weighted by molar-refractivity contribution is 0.402. The van der Waals surface area contributed by atoms with Gasteiger partial charge in [0, 0.05) is 37.9 Å². The molecular weight excluding hydrogens is 473 g/mol. The molecule has 1 unspecified atom stereocenters. The van der Waals surface area contributed by atoms with Crippen molar-refractivity contribution in [3.8, 4) is 0 Å². The van der Waals surface area contributed by atoms with E-state index in [-0.39, 0.29) is 24.0 Å². The zero-order valence-corrected chi connectivity index (χ0v) is 20.1. The lowest BCUT2D eigenvalue weighted by Gasteiger charge is -2.20. The summed E-state index contributed by atoms with van der Waals surface area (Å²) in [5.74, 6) is 0.903. The second kappa shape index (κ2) is 12.0. The molecule has 0 spiro atoms. The molecule has 0 aromatic heterocycles. The molecule has 2 aromatic rings. The number of rotatable bonds is 7. The van der Waals surface area contributed by atoms with Crippen molar-refractivity contribution in [1.29, 1.82) is 0 Å². The van der Waals surface area contributed by atoms with Gasteiger partial charge in [-0.3, -0.25) is 0 Å². The Balaban J connectivity index is 0.00000300. The number of para-hydroxylation sites is 1. The zero-order chi connectivity index (χ0) is 19.8. The quantitative estimate of drug-likeness (QED) is 0.341. The van der Waals surface area contributed by atoms with Crippen LogP contribution in [0, 0.1) is 0 Å². The predicted octanol–water partition coefficient (Wildman–Crippen LogP) is 3.70. The van der Waals surface area contributed by atoms with Gasteiger partial charge in [0.05, 0.1) is 6.54 Å². The van der Waals surface area contributed by atoms with Crippen molar-refractivity contribution in [2.24, 2.45) is 4.99 Å². The first-order chi connectivity index (χ1) is 13.6. The Morgan fingerprint density at radius 2 is 1.86 bits per heavy atom. The highest BCUT2D eigenvalue weighted by Gasteiger charge is 2.23. The normalized spacial score (nSPS) is 16.6. The number of guanidine groups is 1. The first kappa shape index (κ1) is 23.5. The van der Waals surface area contributed by atoms with Gasteiger partial charge in [0.25, 0.3) is 0 Å². The number of halogens is 1. The van der Waals surface area contributed by atoms with Crippen LogP contribution in [0.4, 0.5) is 5.69 Å². The van der Waals surface area contributed by atoms with E-state index in [0.717, 1.165) is 38.6 Å². The van der Waals surface area contributed by atoms with Gasteiger partial charge in [0.15, 0.2) is 5.96 Å². The number of aliphatic imine (C=N–C) groups is 1. The minimum absolute atomic E-state index is 0. The lowest BCUT2D eigenvalue weighted by atomic mass is 10.1. The van der Waals surface area contributed by atoms with Crippen LogP contribution in [0.25, 0.3) is 0 Å². The molecule has 6 heteroatoms. The molecule has 1 aliphatic heterocycles. The number of anilines is 1. The maximum Gasteiger partial charge on any atom is 0.191 e. The average molecular weight is 507 g/mol. The summed E-state index contributed by atoms with van der Waals surface area (Å²) < 4.78 is 0. The summed E-state index contributed by atoms with van der Waals surface area (Å²) in [5.41, 5.74) is 3.87. The Labute approximate surface area is 192 Å². The Kier molecular flexibility index (Phi) is 9.73. The molecule has 3 rings (SSSR count). The largest absolute Gasteiger partial charge is 0.369 e. The first-order valence-corrected chi connectivity index (χ1v) is 10.2. The van der Waals surface area contributed by atoms with Crippen LogP contribution in [0.2, 0.25) is 0 Å². The van der Waals surface area contributed by atoms with Gasteiger partial charge in [-0.1, -0.05) is 42.5 Å². The van der Waals surface area contributed by atoms with Crippen LogP contribution < -0.4 is 15.5 Å². The number of nitrogens with zero attached hydrogens (tertiary/aromatic N) is 3. The van der Waals surface area contributed by atoms with Gasteiger partial charge in [-0.05, 0) is 50.7 Å². The minimum atomic E-state index is 0. The molecule has 1 saturated heterocycles. The highest BCUT2D eigenvalue weighted by atomic mass is 127. The summed E-state index contributed by atoms with van der Waals surface area (Å²) in [6, 6.07) is 19.8. The topological polar surface area (TPSA) is 42.9 Å². The Morgan fingerprint density at radius 1 is 1.10 bits per heavy atom. The van der Waals surface area contributed by atoms with Gasteiger partial charge in [0.1, 0.15) is 0 Å². The predicted molar refractivity (Wildman–Crippen MR) is 134 cm³/mol. The van der Waals surface area contributed by atoms with Crippen molar-refractivity contribution >= 4 is 35.6 Å². The van der Waals surface area contributed by atoms with Crippen LogP contribution in [0.3, 0.4) is 0 Å². The van der Waals surface area contributed by atoms with E-state index in [1.807, 2.05) is 0 Å². The summed E-state index contributed by atoms with van der Waals surface area (Å²) in [5, 5.41) is 7.02. The fourth-order valence-electron chi connectivity index (χ4n) is 3.63. The third kappa shape index (κ3) is 7.51. The molecule has 1 atom stereocenters. The molecule has 1 heterocycles. The number of nitrogens with one attached hydrogen (secondary N) is 2. The third-order valence-corrected chi connectivity index (χ3v) is 4.90. The molecular formula is C23H34IN5. The second-order valence-electron chi connectivity index (χ2n) is 7.66. The number of benzene rings is 2.